The molecule has 0 atom stereocenters. The molecule has 1 aromatic heterocycles. The lowest BCUT2D eigenvalue weighted by molar-refractivity contribution is -0.385. The smallest absolute Gasteiger partial charge is 0.282 e. The van der Waals surface area contributed by atoms with Crippen LogP contribution in [0.25, 0.3) is 5.69 Å². The molecule has 4 rings (SSSR count). The summed E-state index contributed by atoms with van der Waals surface area (Å²) in [4.78, 5) is 23.5. The van der Waals surface area contributed by atoms with Crippen molar-refractivity contribution in [2.24, 2.45) is 0 Å². The van der Waals surface area contributed by atoms with Crippen LogP contribution in [0.2, 0.25) is 10.0 Å². The number of carbonyl (C=O) groups excluding carboxylic acids is 1. The van der Waals surface area contributed by atoms with Gasteiger partial charge in [0.1, 0.15) is 11.4 Å². The van der Waals surface area contributed by atoms with E-state index in [0.717, 1.165) is 6.07 Å². The number of benzene rings is 2. The number of fused-ring (bicyclic) bond motifs is 1. The van der Waals surface area contributed by atoms with E-state index < -0.39 is 26.4 Å². The predicted molar refractivity (Wildman–Crippen MR) is 111 cm³/mol. The minimum absolute atomic E-state index is 0.104. The largest absolute Gasteiger partial charge is 0.306 e. The molecule has 154 valence electrons. The van der Waals surface area contributed by atoms with E-state index in [2.05, 4.69) is 10.4 Å². The third kappa shape index (κ3) is 3.76. The van der Waals surface area contributed by atoms with Gasteiger partial charge in [-0.1, -0.05) is 29.3 Å². The average Bonchev–Trinajstić information content (AvgIpc) is 3.14. The molecule has 0 spiro atoms. The first-order chi connectivity index (χ1) is 14.1. The van der Waals surface area contributed by atoms with Gasteiger partial charge in [-0.05, 0) is 30.3 Å². The molecule has 0 unspecified atom stereocenters. The van der Waals surface area contributed by atoms with Crippen LogP contribution in [0.15, 0.2) is 42.5 Å². The van der Waals surface area contributed by atoms with E-state index in [0.29, 0.717) is 22.0 Å². The van der Waals surface area contributed by atoms with Gasteiger partial charge in [0, 0.05) is 21.7 Å². The molecule has 0 radical (unpaired) electrons. The van der Waals surface area contributed by atoms with Crippen molar-refractivity contribution in [3.63, 3.8) is 0 Å². The molecule has 0 saturated heterocycles. The van der Waals surface area contributed by atoms with Gasteiger partial charge in [0.15, 0.2) is 9.84 Å². The molecule has 2 aromatic carbocycles. The minimum Gasteiger partial charge on any atom is -0.306 e. The molecule has 0 fully saturated rings. The standard InChI is InChI=1S/C18H12Cl2N4O5S/c19-10-2-1-3-12(6-10)23-17(14-8-30(28,29)9-15(14)22-23)21-18(25)13-7-11(20)4-5-16(13)24(26)27/h1-7H,8-9H2,(H,21,25). The Labute approximate surface area is 180 Å². The predicted octanol–water partition coefficient (Wildman–Crippen LogP) is 3.77. The minimum atomic E-state index is -3.40. The lowest BCUT2D eigenvalue weighted by Gasteiger charge is -2.12. The normalized spacial score (nSPS) is 14.3. The Morgan fingerprint density at radius 2 is 1.87 bits per heavy atom. The highest BCUT2D eigenvalue weighted by atomic mass is 35.5. The highest BCUT2D eigenvalue weighted by molar-refractivity contribution is 7.90. The maximum absolute atomic E-state index is 12.9. The fourth-order valence-electron chi connectivity index (χ4n) is 3.19. The molecule has 3 aromatic rings. The molecule has 0 aliphatic carbocycles. The van der Waals surface area contributed by atoms with Crippen molar-refractivity contribution < 1.29 is 18.1 Å². The number of halogens is 2. The van der Waals surface area contributed by atoms with E-state index in [1.54, 1.807) is 24.3 Å². The van der Waals surface area contributed by atoms with Crippen molar-refractivity contribution in [1.82, 2.24) is 9.78 Å². The number of nitro benzene ring substituents is 1. The van der Waals surface area contributed by atoms with Gasteiger partial charge in [-0.25, -0.2) is 13.1 Å². The number of nitrogens with one attached hydrogen (secondary N) is 1. The summed E-state index contributed by atoms with van der Waals surface area (Å²) in [7, 11) is -3.40. The third-order valence-electron chi connectivity index (χ3n) is 4.47. The topological polar surface area (TPSA) is 124 Å². The lowest BCUT2D eigenvalue weighted by atomic mass is 10.1. The fourth-order valence-corrected chi connectivity index (χ4v) is 5.04. The van der Waals surface area contributed by atoms with Gasteiger partial charge in [-0.15, -0.1) is 0 Å². The van der Waals surface area contributed by atoms with Gasteiger partial charge in [-0.3, -0.25) is 14.9 Å². The van der Waals surface area contributed by atoms with Crippen molar-refractivity contribution in [1.29, 1.82) is 0 Å². The quantitative estimate of drug-likeness (QED) is 0.460. The number of sulfone groups is 1. The van der Waals surface area contributed by atoms with Gasteiger partial charge < -0.3 is 5.32 Å². The summed E-state index contributed by atoms with van der Waals surface area (Å²) < 4.78 is 25.5. The summed E-state index contributed by atoms with van der Waals surface area (Å²) in [6.45, 7) is 0. The van der Waals surface area contributed by atoms with Crippen LogP contribution in [-0.2, 0) is 21.3 Å². The zero-order valence-electron chi connectivity index (χ0n) is 15.0. The SMILES string of the molecule is O=C(Nc1c2c(nn1-c1cccc(Cl)c1)CS(=O)(=O)C2)c1cc(Cl)ccc1[N+](=O)[O-]. The fraction of sp³-hybridized carbons (Fsp3) is 0.111. The van der Waals surface area contributed by atoms with Crippen LogP contribution in [0.5, 0.6) is 0 Å². The number of anilines is 1. The van der Waals surface area contributed by atoms with Gasteiger partial charge >= 0.3 is 0 Å². The second-order valence-electron chi connectivity index (χ2n) is 6.57. The Morgan fingerprint density at radius 1 is 1.13 bits per heavy atom. The van der Waals surface area contributed by atoms with Gasteiger partial charge in [-0.2, -0.15) is 5.10 Å². The Balaban J connectivity index is 1.82. The van der Waals surface area contributed by atoms with Crippen molar-refractivity contribution in [3.05, 3.63) is 79.4 Å². The average molecular weight is 467 g/mol. The monoisotopic (exact) mass is 466 g/mol. The number of hydrogen-bond donors (Lipinski definition) is 1. The Bertz CT molecular complexity index is 1320. The van der Waals surface area contributed by atoms with Crippen molar-refractivity contribution >= 4 is 50.5 Å². The molecule has 2 heterocycles. The van der Waals surface area contributed by atoms with Gasteiger partial charge in [0.05, 0.1) is 27.8 Å². The zero-order chi connectivity index (χ0) is 21.6. The van der Waals surface area contributed by atoms with E-state index in [4.69, 9.17) is 23.2 Å². The second kappa shape index (κ2) is 7.38. The first-order valence-electron chi connectivity index (χ1n) is 8.47. The van der Waals surface area contributed by atoms with Crippen molar-refractivity contribution in [2.45, 2.75) is 11.5 Å². The Morgan fingerprint density at radius 3 is 2.57 bits per heavy atom. The number of nitro groups is 1. The maximum atomic E-state index is 12.9. The first kappa shape index (κ1) is 20.3. The lowest BCUT2D eigenvalue weighted by Crippen LogP contribution is -2.18. The van der Waals surface area contributed by atoms with E-state index in [9.17, 15) is 23.3 Å². The van der Waals surface area contributed by atoms with Crippen LogP contribution in [0.3, 0.4) is 0 Å². The number of aromatic nitrogens is 2. The summed E-state index contributed by atoms with van der Waals surface area (Å²) in [6.07, 6.45) is 0. The molecule has 12 heteroatoms. The molecular formula is C18H12Cl2N4O5S. The van der Waals surface area contributed by atoms with Crippen LogP contribution in [0.4, 0.5) is 11.5 Å². The van der Waals surface area contributed by atoms with Crippen molar-refractivity contribution in [3.8, 4) is 5.69 Å². The third-order valence-corrected chi connectivity index (χ3v) is 6.38. The van der Waals surface area contributed by atoms with E-state index in [-0.39, 0.29) is 27.9 Å². The number of amides is 1. The summed E-state index contributed by atoms with van der Waals surface area (Å²) in [5.74, 6) is -1.29. The summed E-state index contributed by atoms with van der Waals surface area (Å²) in [5, 5.41) is 18.8. The maximum Gasteiger partial charge on any atom is 0.282 e. The van der Waals surface area contributed by atoms with E-state index >= 15 is 0 Å². The molecule has 0 saturated carbocycles. The summed E-state index contributed by atoms with van der Waals surface area (Å²) in [5.41, 5.74) is 0.417. The summed E-state index contributed by atoms with van der Waals surface area (Å²) in [6, 6.07) is 10.2. The molecule has 1 aliphatic heterocycles. The molecular weight excluding hydrogens is 455 g/mol. The number of nitrogens with zero attached hydrogens (tertiary/aromatic N) is 3. The molecule has 0 bridgehead atoms. The highest BCUT2D eigenvalue weighted by Gasteiger charge is 2.34. The molecule has 30 heavy (non-hydrogen) atoms. The van der Waals surface area contributed by atoms with Crippen LogP contribution < -0.4 is 5.32 Å². The second-order valence-corrected chi connectivity index (χ2v) is 9.51. The molecule has 1 aliphatic rings. The highest BCUT2D eigenvalue weighted by Crippen LogP contribution is 2.34. The first-order valence-corrected chi connectivity index (χ1v) is 11.0. The van der Waals surface area contributed by atoms with Crippen LogP contribution in [-0.4, -0.2) is 29.0 Å². The van der Waals surface area contributed by atoms with E-state index in [1.807, 2.05) is 0 Å². The zero-order valence-corrected chi connectivity index (χ0v) is 17.3. The summed E-state index contributed by atoms with van der Waals surface area (Å²) >= 11 is 12.0. The molecule has 1 amide bonds. The van der Waals surface area contributed by atoms with Crippen LogP contribution >= 0.6 is 23.2 Å². The number of hydrogen-bond acceptors (Lipinski definition) is 6. The number of carbonyl (C=O) groups is 1. The van der Waals surface area contributed by atoms with Crippen molar-refractivity contribution in [2.75, 3.05) is 5.32 Å². The Kier molecular flexibility index (Phi) is 5.00. The number of rotatable bonds is 4. The van der Waals surface area contributed by atoms with Gasteiger partial charge in [0.25, 0.3) is 11.6 Å². The molecule has 1 N–H and O–H groups in total. The molecule has 9 nitrogen and oxygen atoms in total. The van der Waals surface area contributed by atoms with Crippen LogP contribution in [0, 0.1) is 10.1 Å². The van der Waals surface area contributed by atoms with Crippen LogP contribution in [0.1, 0.15) is 21.6 Å². The van der Waals surface area contributed by atoms with Gasteiger partial charge in [0.2, 0.25) is 0 Å². The van der Waals surface area contributed by atoms with E-state index in [1.165, 1.54) is 16.8 Å². The Hall–Kier alpha value is -2.95.